The van der Waals surface area contributed by atoms with E-state index >= 15 is 0 Å². The number of ether oxygens (including phenoxy) is 4. The summed E-state index contributed by atoms with van der Waals surface area (Å²) in [5, 5.41) is 0.604. The molecular formula is C13H17BrO4. The number of para-hydroxylation sites is 2. The second-order valence-corrected chi connectivity index (χ2v) is 4.68. The van der Waals surface area contributed by atoms with E-state index in [9.17, 15) is 0 Å². The maximum Gasteiger partial charge on any atom is 0.226 e. The standard InChI is InChI=1S/C13H17BrO4/c1-3-15-10-6-4-5-7-11(10)17-12-8-16-13(2,9-14)18-12/h4-7,12H,3,8-9H2,1-2H3. The van der Waals surface area contributed by atoms with Gasteiger partial charge in [-0.25, -0.2) is 0 Å². The fourth-order valence-electron chi connectivity index (χ4n) is 1.68. The molecule has 1 saturated heterocycles. The van der Waals surface area contributed by atoms with Gasteiger partial charge >= 0.3 is 0 Å². The lowest BCUT2D eigenvalue weighted by molar-refractivity contribution is -0.163. The van der Waals surface area contributed by atoms with E-state index in [0.717, 1.165) is 5.75 Å². The molecule has 4 nitrogen and oxygen atoms in total. The molecule has 1 heterocycles. The van der Waals surface area contributed by atoms with Crippen molar-refractivity contribution < 1.29 is 18.9 Å². The molecule has 1 fully saturated rings. The molecule has 2 unspecified atom stereocenters. The summed E-state index contributed by atoms with van der Waals surface area (Å²) in [6, 6.07) is 7.54. The highest BCUT2D eigenvalue weighted by atomic mass is 79.9. The molecule has 100 valence electrons. The van der Waals surface area contributed by atoms with Crippen LogP contribution < -0.4 is 9.47 Å². The molecule has 0 radical (unpaired) electrons. The zero-order valence-electron chi connectivity index (χ0n) is 10.5. The monoisotopic (exact) mass is 316 g/mol. The van der Waals surface area contributed by atoms with Crippen LogP contribution in [0, 0.1) is 0 Å². The van der Waals surface area contributed by atoms with Gasteiger partial charge in [0.1, 0.15) is 6.61 Å². The van der Waals surface area contributed by atoms with Crippen LogP contribution in [-0.2, 0) is 9.47 Å². The third-order valence-corrected chi connectivity index (χ3v) is 3.57. The van der Waals surface area contributed by atoms with Gasteiger partial charge in [-0.05, 0) is 26.0 Å². The summed E-state index contributed by atoms with van der Waals surface area (Å²) in [5.41, 5.74) is 0. The van der Waals surface area contributed by atoms with E-state index in [-0.39, 0.29) is 0 Å². The Balaban J connectivity index is 2.02. The maximum atomic E-state index is 5.76. The number of hydrogen-bond acceptors (Lipinski definition) is 4. The molecule has 2 atom stereocenters. The fourth-order valence-corrected chi connectivity index (χ4v) is 1.98. The fraction of sp³-hybridized carbons (Fsp3) is 0.538. The second-order valence-electron chi connectivity index (χ2n) is 4.12. The minimum absolute atomic E-state index is 0.405. The number of rotatable bonds is 5. The Hall–Kier alpha value is -0.780. The van der Waals surface area contributed by atoms with Crippen LogP contribution >= 0.6 is 15.9 Å². The van der Waals surface area contributed by atoms with Crippen molar-refractivity contribution in [1.82, 2.24) is 0 Å². The Bertz CT molecular complexity index is 398. The van der Waals surface area contributed by atoms with Crippen LogP contribution in [0.3, 0.4) is 0 Å². The van der Waals surface area contributed by atoms with E-state index in [1.165, 1.54) is 0 Å². The summed E-state index contributed by atoms with van der Waals surface area (Å²) in [4.78, 5) is 0. The minimum Gasteiger partial charge on any atom is -0.490 e. The molecule has 18 heavy (non-hydrogen) atoms. The summed E-state index contributed by atoms with van der Waals surface area (Å²) in [5.74, 6) is 0.772. The molecule has 1 aromatic carbocycles. The van der Waals surface area contributed by atoms with Crippen molar-refractivity contribution in [2.24, 2.45) is 0 Å². The summed E-state index contributed by atoms with van der Waals surface area (Å²) in [7, 11) is 0. The molecule has 0 aromatic heterocycles. The highest BCUT2D eigenvalue weighted by Gasteiger charge is 2.37. The molecule has 0 N–H and O–H groups in total. The number of alkyl halides is 1. The predicted molar refractivity (Wildman–Crippen MR) is 71.3 cm³/mol. The lowest BCUT2D eigenvalue weighted by atomic mass is 10.3. The van der Waals surface area contributed by atoms with Gasteiger partial charge in [0.2, 0.25) is 6.29 Å². The first kappa shape index (κ1) is 13.6. The van der Waals surface area contributed by atoms with Crippen molar-refractivity contribution in [2.75, 3.05) is 18.5 Å². The highest BCUT2D eigenvalue weighted by Crippen LogP contribution is 2.31. The van der Waals surface area contributed by atoms with Gasteiger partial charge < -0.3 is 18.9 Å². The van der Waals surface area contributed by atoms with E-state index in [0.29, 0.717) is 24.3 Å². The number of benzene rings is 1. The van der Waals surface area contributed by atoms with Crippen LogP contribution in [0.5, 0.6) is 11.5 Å². The molecule has 0 saturated carbocycles. The Kier molecular flexibility index (Phi) is 4.48. The van der Waals surface area contributed by atoms with E-state index < -0.39 is 12.1 Å². The summed E-state index contributed by atoms with van der Waals surface area (Å²) in [6.45, 7) is 4.82. The van der Waals surface area contributed by atoms with E-state index in [1.54, 1.807) is 0 Å². The number of halogens is 1. The van der Waals surface area contributed by atoms with E-state index in [1.807, 2.05) is 38.1 Å². The molecule has 1 aromatic rings. The quantitative estimate of drug-likeness (QED) is 0.783. The first-order chi connectivity index (χ1) is 8.67. The molecule has 1 aliphatic heterocycles. The molecule has 0 aliphatic carbocycles. The third kappa shape index (κ3) is 3.16. The average Bonchev–Trinajstić information content (AvgIpc) is 2.75. The largest absolute Gasteiger partial charge is 0.490 e. The maximum absolute atomic E-state index is 5.76. The zero-order chi connectivity index (χ0) is 13.0. The van der Waals surface area contributed by atoms with Crippen LogP contribution in [0.4, 0.5) is 0 Å². The summed E-state index contributed by atoms with van der Waals surface area (Å²) >= 11 is 3.35. The lowest BCUT2D eigenvalue weighted by Crippen LogP contribution is -2.29. The van der Waals surface area contributed by atoms with Crippen LogP contribution in [0.25, 0.3) is 0 Å². The Morgan fingerprint density at radius 2 is 2.11 bits per heavy atom. The average molecular weight is 317 g/mol. The first-order valence-corrected chi connectivity index (χ1v) is 7.05. The van der Waals surface area contributed by atoms with Gasteiger partial charge in [-0.15, -0.1) is 0 Å². The summed E-state index contributed by atoms with van der Waals surface area (Å²) < 4.78 is 22.5. The molecule has 5 heteroatoms. The van der Waals surface area contributed by atoms with Gasteiger partial charge in [0.15, 0.2) is 17.3 Å². The topological polar surface area (TPSA) is 36.9 Å². The van der Waals surface area contributed by atoms with Gasteiger partial charge in [-0.2, -0.15) is 0 Å². The smallest absolute Gasteiger partial charge is 0.226 e. The van der Waals surface area contributed by atoms with Crippen LogP contribution in [0.1, 0.15) is 13.8 Å². The van der Waals surface area contributed by atoms with Crippen LogP contribution in [0.2, 0.25) is 0 Å². The van der Waals surface area contributed by atoms with Crippen LogP contribution in [-0.4, -0.2) is 30.6 Å². The Labute approximate surface area is 115 Å². The van der Waals surface area contributed by atoms with Crippen molar-refractivity contribution in [3.05, 3.63) is 24.3 Å². The SMILES string of the molecule is CCOc1ccccc1OC1COC(C)(CBr)O1. The van der Waals surface area contributed by atoms with Crippen molar-refractivity contribution in [3.63, 3.8) is 0 Å². The van der Waals surface area contributed by atoms with Crippen molar-refractivity contribution in [3.8, 4) is 11.5 Å². The van der Waals surface area contributed by atoms with E-state index in [4.69, 9.17) is 18.9 Å². The van der Waals surface area contributed by atoms with Crippen molar-refractivity contribution in [1.29, 1.82) is 0 Å². The van der Waals surface area contributed by atoms with Crippen molar-refractivity contribution in [2.45, 2.75) is 25.9 Å². The van der Waals surface area contributed by atoms with Gasteiger partial charge in [0, 0.05) is 0 Å². The normalized spacial score (nSPS) is 27.2. The van der Waals surface area contributed by atoms with Crippen molar-refractivity contribution >= 4 is 15.9 Å². The zero-order valence-corrected chi connectivity index (χ0v) is 12.1. The third-order valence-electron chi connectivity index (χ3n) is 2.56. The molecule has 1 aliphatic rings. The number of hydrogen-bond donors (Lipinski definition) is 0. The van der Waals surface area contributed by atoms with Crippen LogP contribution in [0.15, 0.2) is 24.3 Å². The van der Waals surface area contributed by atoms with Gasteiger partial charge in [-0.3, -0.25) is 0 Å². The lowest BCUT2D eigenvalue weighted by Gasteiger charge is -2.20. The molecule has 0 spiro atoms. The molecule has 0 bridgehead atoms. The first-order valence-electron chi connectivity index (χ1n) is 5.93. The minimum atomic E-state index is -0.620. The highest BCUT2D eigenvalue weighted by molar-refractivity contribution is 9.09. The summed E-state index contributed by atoms with van der Waals surface area (Å²) in [6.07, 6.45) is -0.408. The molecular weight excluding hydrogens is 300 g/mol. The predicted octanol–water partition coefficient (Wildman–Crippen LogP) is 2.95. The van der Waals surface area contributed by atoms with Gasteiger partial charge in [0.05, 0.1) is 11.9 Å². The van der Waals surface area contributed by atoms with E-state index in [2.05, 4.69) is 15.9 Å². The molecule has 2 rings (SSSR count). The Morgan fingerprint density at radius 3 is 2.72 bits per heavy atom. The van der Waals surface area contributed by atoms with Gasteiger partial charge in [-0.1, -0.05) is 28.1 Å². The Morgan fingerprint density at radius 1 is 1.39 bits per heavy atom. The van der Waals surface area contributed by atoms with Gasteiger partial charge in [0.25, 0.3) is 0 Å². The second kappa shape index (κ2) is 5.91. The molecule has 0 amide bonds.